The zero-order valence-corrected chi connectivity index (χ0v) is 19.4. The van der Waals surface area contributed by atoms with Crippen LogP contribution in [0.3, 0.4) is 0 Å². The van der Waals surface area contributed by atoms with Crippen molar-refractivity contribution in [3.63, 3.8) is 0 Å². The van der Waals surface area contributed by atoms with Gasteiger partial charge in [-0.2, -0.15) is 0 Å². The second kappa shape index (κ2) is 8.62. The average Bonchev–Trinajstić information content (AvgIpc) is 3.25. The lowest BCUT2D eigenvalue weighted by Crippen LogP contribution is -2.42. The lowest BCUT2D eigenvalue weighted by Gasteiger charge is -2.29. The van der Waals surface area contributed by atoms with Gasteiger partial charge in [0.25, 0.3) is 0 Å². The van der Waals surface area contributed by atoms with E-state index in [9.17, 15) is 9.59 Å². The molecule has 0 aromatic heterocycles. The summed E-state index contributed by atoms with van der Waals surface area (Å²) in [5.41, 5.74) is 1.03. The van der Waals surface area contributed by atoms with E-state index in [0.29, 0.717) is 28.7 Å². The number of hydrogen-bond donors (Lipinski definition) is 1. The summed E-state index contributed by atoms with van der Waals surface area (Å²) in [6, 6.07) is 13.0. The van der Waals surface area contributed by atoms with Crippen LogP contribution in [0.2, 0.25) is 5.02 Å². The first-order chi connectivity index (χ1) is 15.3. The molecule has 0 spiro atoms. The monoisotopic (exact) mass is 452 g/mol. The molecule has 2 amide bonds. The van der Waals surface area contributed by atoms with Gasteiger partial charge in [-0.25, -0.2) is 0 Å². The lowest BCUT2D eigenvalue weighted by molar-refractivity contribution is -0.127. The van der Waals surface area contributed by atoms with E-state index in [2.05, 4.69) is 11.9 Å². The molecule has 0 bridgehead atoms. The Morgan fingerprint density at radius 1 is 1.19 bits per heavy atom. The topological polar surface area (TPSA) is 58.6 Å². The number of anilines is 2. The van der Waals surface area contributed by atoms with Crippen LogP contribution in [0, 0.1) is 5.41 Å². The minimum atomic E-state index is -0.659. The number of carbonyl (C=O) groups is 2. The highest BCUT2D eigenvalue weighted by molar-refractivity contribution is 6.30. The van der Waals surface area contributed by atoms with Gasteiger partial charge in [0.15, 0.2) is 0 Å². The van der Waals surface area contributed by atoms with E-state index in [1.165, 1.54) is 0 Å². The van der Waals surface area contributed by atoms with Crippen LogP contribution < -0.4 is 15.0 Å². The minimum absolute atomic E-state index is 0.0336. The number of halogens is 1. The highest BCUT2D eigenvalue weighted by Gasteiger charge is 2.43. The van der Waals surface area contributed by atoms with E-state index in [1.54, 1.807) is 11.0 Å². The first kappa shape index (κ1) is 22.4. The van der Waals surface area contributed by atoms with Crippen LogP contribution in [0.5, 0.6) is 5.75 Å². The Labute approximate surface area is 194 Å². The zero-order chi connectivity index (χ0) is 22.9. The van der Waals surface area contributed by atoms with Gasteiger partial charge in [0.05, 0.1) is 16.5 Å². The van der Waals surface area contributed by atoms with E-state index in [4.69, 9.17) is 16.3 Å². The Balaban J connectivity index is 1.66. The molecule has 5 nitrogen and oxygen atoms in total. The van der Waals surface area contributed by atoms with E-state index < -0.39 is 10.8 Å². The van der Waals surface area contributed by atoms with Crippen LogP contribution in [-0.4, -0.2) is 25.0 Å². The van der Waals surface area contributed by atoms with Crippen molar-refractivity contribution in [2.24, 2.45) is 5.41 Å². The van der Waals surface area contributed by atoms with Gasteiger partial charge in [-0.15, -0.1) is 6.58 Å². The van der Waals surface area contributed by atoms with Gasteiger partial charge in [-0.1, -0.05) is 42.7 Å². The molecule has 0 radical (unpaired) electrons. The highest BCUT2D eigenvalue weighted by atomic mass is 35.5. The summed E-state index contributed by atoms with van der Waals surface area (Å²) in [6.07, 6.45) is 5.30. The third-order valence-electron chi connectivity index (χ3n) is 6.52. The number of ether oxygens (including phenoxy) is 1. The number of nitrogens with zero attached hydrogens (tertiary/aromatic N) is 1. The Morgan fingerprint density at radius 2 is 1.88 bits per heavy atom. The Morgan fingerprint density at radius 3 is 2.53 bits per heavy atom. The van der Waals surface area contributed by atoms with E-state index in [-0.39, 0.29) is 18.4 Å². The molecule has 1 aliphatic carbocycles. The van der Waals surface area contributed by atoms with Crippen molar-refractivity contribution in [3.05, 3.63) is 65.7 Å². The predicted octanol–water partition coefficient (Wildman–Crippen LogP) is 5.73. The van der Waals surface area contributed by atoms with Crippen molar-refractivity contribution in [1.29, 1.82) is 0 Å². The van der Waals surface area contributed by atoms with Crippen LogP contribution in [-0.2, 0) is 15.0 Å². The lowest BCUT2D eigenvalue weighted by atomic mass is 9.78. The minimum Gasteiger partial charge on any atom is -0.490 e. The van der Waals surface area contributed by atoms with Crippen molar-refractivity contribution in [1.82, 2.24) is 0 Å². The molecule has 1 aliphatic heterocycles. The first-order valence-corrected chi connectivity index (χ1v) is 11.4. The highest BCUT2D eigenvalue weighted by Crippen LogP contribution is 2.43. The van der Waals surface area contributed by atoms with Crippen LogP contribution in [0.1, 0.15) is 45.1 Å². The number of nitrogens with one attached hydrogen (secondary N) is 1. The van der Waals surface area contributed by atoms with E-state index in [1.807, 2.05) is 56.3 Å². The smallest absolute Gasteiger partial charge is 0.236 e. The standard InChI is InChI=1S/C26H29ClN2O3/c1-4-15-29-21-16-20(11-12-22(21)32-17-25(2,3)24(29)31)28-23(30)26(13-5-6-14-26)18-7-9-19(27)10-8-18/h4,7-12,16H,1,5-6,13-15,17H2,2-3H3,(H,28,30). The van der Waals surface area contributed by atoms with Gasteiger partial charge < -0.3 is 15.0 Å². The van der Waals surface area contributed by atoms with Gasteiger partial charge in [-0.05, 0) is 62.6 Å². The largest absolute Gasteiger partial charge is 0.490 e. The molecule has 2 aromatic carbocycles. The van der Waals surface area contributed by atoms with Gasteiger partial charge in [-0.3, -0.25) is 9.59 Å². The molecule has 0 atom stereocenters. The summed E-state index contributed by atoms with van der Waals surface area (Å²) in [4.78, 5) is 28.4. The molecule has 2 aromatic rings. The normalized spacial score (nSPS) is 19.0. The number of fused-ring (bicyclic) bond motifs is 1. The summed E-state index contributed by atoms with van der Waals surface area (Å²) in [7, 11) is 0. The zero-order valence-electron chi connectivity index (χ0n) is 18.6. The fraction of sp³-hybridized carbons (Fsp3) is 0.385. The number of benzene rings is 2. The summed E-state index contributed by atoms with van der Waals surface area (Å²) in [5.74, 6) is 0.554. The predicted molar refractivity (Wildman–Crippen MR) is 128 cm³/mol. The summed E-state index contributed by atoms with van der Waals surface area (Å²) in [6.45, 7) is 8.20. The molecule has 1 heterocycles. The van der Waals surface area contributed by atoms with Crippen LogP contribution in [0.25, 0.3) is 0 Å². The molecule has 1 saturated carbocycles. The quantitative estimate of drug-likeness (QED) is 0.589. The second-order valence-corrected chi connectivity index (χ2v) is 9.75. The molecule has 1 N–H and O–H groups in total. The van der Waals surface area contributed by atoms with Crippen molar-refractivity contribution in [2.45, 2.75) is 44.9 Å². The molecule has 1 fully saturated rings. The third kappa shape index (κ3) is 4.02. The van der Waals surface area contributed by atoms with Crippen LogP contribution in [0.4, 0.5) is 11.4 Å². The first-order valence-electron chi connectivity index (χ1n) is 11.0. The van der Waals surface area contributed by atoms with Crippen molar-refractivity contribution in [3.8, 4) is 5.75 Å². The second-order valence-electron chi connectivity index (χ2n) is 9.31. The maximum Gasteiger partial charge on any atom is 0.236 e. The fourth-order valence-corrected chi connectivity index (χ4v) is 4.80. The summed E-state index contributed by atoms with van der Waals surface area (Å²) in [5, 5.41) is 3.77. The average molecular weight is 453 g/mol. The van der Waals surface area contributed by atoms with Crippen LogP contribution >= 0.6 is 11.6 Å². The van der Waals surface area contributed by atoms with Gasteiger partial charge in [0.1, 0.15) is 12.4 Å². The SMILES string of the molecule is C=CCN1C(=O)C(C)(C)COc2ccc(NC(=O)C3(c4ccc(Cl)cc4)CCCC3)cc21. The van der Waals surface area contributed by atoms with Gasteiger partial charge >= 0.3 is 0 Å². The molecule has 32 heavy (non-hydrogen) atoms. The molecule has 4 rings (SSSR count). The van der Waals surface area contributed by atoms with E-state index >= 15 is 0 Å². The van der Waals surface area contributed by atoms with Crippen LogP contribution in [0.15, 0.2) is 55.1 Å². The molecule has 0 unspecified atom stereocenters. The molecule has 0 saturated heterocycles. The summed E-state index contributed by atoms with van der Waals surface area (Å²) < 4.78 is 5.95. The Hall–Kier alpha value is -2.79. The van der Waals surface area contributed by atoms with Crippen molar-refractivity contribution >= 4 is 34.8 Å². The fourth-order valence-electron chi connectivity index (χ4n) is 4.68. The maximum atomic E-state index is 13.6. The Bertz CT molecular complexity index is 1040. The van der Waals surface area contributed by atoms with Gasteiger partial charge in [0.2, 0.25) is 11.8 Å². The molecular weight excluding hydrogens is 424 g/mol. The van der Waals surface area contributed by atoms with Crippen molar-refractivity contribution in [2.75, 3.05) is 23.4 Å². The third-order valence-corrected chi connectivity index (χ3v) is 6.77. The molecule has 168 valence electrons. The maximum absolute atomic E-state index is 13.6. The number of hydrogen-bond acceptors (Lipinski definition) is 3. The van der Waals surface area contributed by atoms with Crippen molar-refractivity contribution < 1.29 is 14.3 Å². The van der Waals surface area contributed by atoms with Gasteiger partial charge in [0, 0.05) is 17.3 Å². The molecular formula is C26H29ClN2O3. The summed E-state index contributed by atoms with van der Waals surface area (Å²) >= 11 is 6.07. The number of carbonyl (C=O) groups excluding carboxylic acids is 2. The Kier molecular flexibility index (Phi) is 6.04. The molecule has 6 heteroatoms. The molecule has 2 aliphatic rings. The number of amides is 2. The number of rotatable bonds is 5. The van der Waals surface area contributed by atoms with E-state index in [0.717, 1.165) is 31.2 Å².